The molecule has 1 atom stereocenters. The Balaban J connectivity index is 1.76. The molecular weight excluding hydrogens is 302 g/mol. The summed E-state index contributed by atoms with van der Waals surface area (Å²) in [5, 5.41) is 4.62. The molecule has 128 valence electrons. The lowest BCUT2D eigenvalue weighted by Crippen LogP contribution is -2.51. The molecular formula is C19H25N3O2. The standard InChI is InChI=1S/C19H25N3O2/c1-3-13-8-14-10-18-15(9-17(14)21-19(13)23-2)12-22-6-5-20-11-16(22)4-7-24-18/h8-10,16,20H,3-7,11-12H2,1-2H3. The number of aromatic nitrogens is 1. The van der Waals surface area contributed by atoms with E-state index >= 15 is 0 Å². The van der Waals surface area contributed by atoms with Gasteiger partial charge in [0.15, 0.2) is 0 Å². The van der Waals surface area contributed by atoms with Crippen molar-refractivity contribution in [2.24, 2.45) is 0 Å². The molecule has 5 nitrogen and oxygen atoms in total. The third-order valence-corrected chi connectivity index (χ3v) is 5.16. The first kappa shape index (κ1) is 15.7. The number of methoxy groups -OCH3 is 1. The van der Waals surface area contributed by atoms with Crippen LogP contribution in [0.25, 0.3) is 10.9 Å². The monoisotopic (exact) mass is 327 g/mol. The van der Waals surface area contributed by atoms with Gasteiger partial charge in [-0.3, -0.25) is 4.90 Å². The summed E-state index contributed by atoms with van der Waals surface area (Å²) < 4.78 is 11.6. The van der Waals surface area contributed by atoms with E-state index in [4.69, 9.17) is 14.5 Å². The van der Waals surface area contributed by atoms with E-state index in [1.165, 1.54) is 5.56 Å². The number of rotatable bonds is 2. The summed E-state index contributed by atoms with van der Waals surface area (Å²) >= 11 is 0. The van der Waals surface area contributed by atoms with Gasteiger partial charge in [-0.15, -0.1) is 0 Å². The molecule has 2 aliphatic rings. The molecule has 1 unspecified atom stereocenters. The van der Waals surface area contributed by atoms with Gasteiger partial charge in [0.2, 0.25) is 5.88 Å². The molecule has 3 heterocycles. The zero-order chi connectivity index (χ0) is 16.5. The number of aryl methyl sites for hydroxylation is 1. The minimum absolute atomic E-state index is 0.563. The zero-order valence-electron chi connectivity index (χ0n) is 14.5. The molecule has 1 N–H and O–H groups in total. The first-order valence-electron chi connectivity index (χ1n) is 8.86. The Kier molecular flexibility index (Phi) is 4.29. The summed E-state index contributed by atoms with van der Waals surface area (Å²) in [6.07, 6.45) is 1.98. The lowest BCUT2D eigenvalue weighted by Gasteiger charge is -2.38. The highest BCUT2D eigenvalue weighted by molar-refractivity contribution is 5.83. The van der Waals surface area contributed by atoms with Gasteiger partial charge in [0.05, 0.1) is 19.2 Å². The number of nitrogens with zero attached hydrogens (tertiary/aromatic N) is 2. The van der Waals surface area contributed by atoms with Gasteiger partial charge in [0, 0.05) is 48.7 Å². The second kappa shape index (κ2) is 6.57. The third kappa shape index (κ3) is 2.82. The quantitative estimate of drug-likeness (QED) is 0.917. The number of fused-ring (bicyclic) bond motifs is 3. The fourth-order valence-corrected chi connectivity index (χ4v) is 3.78. The minimum atomic E-state index is 0.563. The van der Waals surface area contributed by atoms with Crippen LogP contribution < -0.4 is 14.8 Å². The van der Waals surface area contributed by atoms with Gasteiger partial charge in [0.1, 0.15) is 5.75 Å². The highest BCUT2D eigenvalue weighted by Crippen LogP contribution is 2.32. The topological polar surface area (TPSA) is 46.6 Å². The summed E-state index contributed by atoms with van der Waals surface area (Å²) in [5.41, 5.74) is 3.35. The summed E-state index contributed by atoms with van der Waals surface area (Å²) in [6, 6.07) is 7.07. The number of piperazine rings is 1. The van der Waals surface area contributed by atoms with Crippen molar-refractivity contribution in [3.8, 4) is 11.6 Å². The predicted molar refractivity (Wildman–Crippen MR) is 94.9 cm³/mol. The fourth-order valence-electron chi connectivity index (χ4n) is 3.78. The van der Waals surface area contributed by atoms with Crippen LogP contribution in [-0.4, -0.2) is 49.3 Å². The lowest BCUT2D eigenvalue weighted by atomic mass is 10.0. The molecule has 2 aromatic rings. The molecule has 1 fully saturated rings. The first-order valence-corrected chi connectivity index (χ1v) is 8.86. The van der Waals surface area contributed by atoms with E-state index in [0.29, 0.717) is 6.04 Å². The number of benzene rings is 1. The first-order chi connectivity index (χ1) is 11.8. The number of hydrogen-bond acceptors (Lipinski definition) is 5. The highest BCUT2D eigenvalue weighted by atomic mass is 16.5. The maximum absolute atomic E-state index is 6.10. The predicted octanol–water partition coefficient (Wildman–Crippen LogP) is 2.36. The van der Waals surface area contributed by atoms with Crippen molar-refractivity contribution in [3.63, 3.8) is 0 Å². The van der Waals surface area contributed by atoms with Crippen LogP contribution in [-0.2, 0) is 13.0 Å². The van der Waals surface area contributed by atoms with Crippen molar-refractivity contribution in [1.82, 2.24) is 15.2 Å². The van der Waals surface area contributed by atoms with Gasteiger partial charge >= 0.3 is 0 Å². The lowest BCUT2D eigenvalue weighted by molar-refractivity contribution is 0.115. The van der Waals surface area contributed by atoms with E-state index in [9.17, 15) is 0 Å². The molecule has 0 bridgehead atoms. The van der Waals surface area contributed by atoms with E-state index in [0.717, 1.165) is 73.7 Å². The van der Waals surface area contributed by atoms with E-state index in [-0.39, 0.29) is 0 Å². The van der Waals surface area contributed by atoms with Gasteiger partial charge in [-0.05, 0) is 31.0 Å². The molecule has 1 aromatic carbocycles. The normalized spacial score (nSPS) is 21.3. The molecule has 0 aliphatic carbocycles. The Morgan fingerprint density at radius 3 is 3.12 bits per heavy atom. The largest absolute Gasteiger partial charge is 0.493 e. The van der Waals surface area contributed by atoms with Gasteiger partial charge in [-0.2, -0.15) is 0 Å². The Morgan fingerprint density at radius 2 is 2.29 bits per heavy atom. The van der Waals surface area contributed by atoms with Crippen LogP contribution in [0.4, 0.5) is 0 Å². The summed E-state index contributed by atoms with van der Waals surface area (Å²) in [4.78, 5) is 7.29. The molecule has 5 heteroatoms. The van der Waals surface area contributed by atoms with Crippen LogP contribution >= 0.6 is 0 Å². The number of nitrogens with one attached hydrogen (secondary N) is 1. The minimum Gasteiger partial charge on any atom is -0.493 e. The second-order valence-corrected chi connectivity index (χ2v) is 6.63. The van der Waals surface area contributed by atoms with Crippen LogP contribution in [0, 0.1) is 0 Å². The van der Waals surface area contributed by atoms with Crippen LogP contribution in [0.5, 0.6) is 11.6 Å². The van der Waals surface area contributed by atoms with Gasteiger partial charge in [0.25, 0.3) is 0 Å². The van der Waals surface area contributed by atoms with Crippen molar-refractivity contribution >= 4 is 10.9 Å². The molecule has 24 heavy (non-hydrogen) atoms. The van der Waals surface area contributed by atoms with Crippen molar-refractivity contribution in [2.45, 2.75) is 32.4 Å². The van der Waals surface area contributed by atoms with Crippen LogP contribution in [0.3, 0.4) is 0 Å². The molecule has 0 saturated carbocycles. The molecule has 1 aromatic heterocycles. The van der Waals surface area contributed by atoms with Crippen molar-refractivity contribution in [2.75, 3.05) is 33.4 Å². The average molecular weight is 327 g/mol. The second-order valence-electron chi connectivity index (χ2n) is 6.63. The molecule has 0 spiro atoms. The number of hydrogen-bond donors (Lipinski definition) is 1. The molecule has 0 amide bonds. The van der Waals surface area contributed by atoms with Crippen molar-refractivity contribution in [3.05, 3.63) is 29.3 Å². The van der Waals surface area contributed by atoms with E-state index in [1.807, 2.05) is 0 Å². The van der Waals surface area contributed by atoms with Crippen LogP contribution in [0.1, 0.15) is 24.5 Å². The Morgan fingerprint density at radius 1 is 1.38 bits per heavy atom. The SMILES string of the molecule is CCc1cc2cc3c(cc2nc1OC)CN1CCNCC1CCO3. The molecule has 2 aliphatic heterocycles. The summed E-state index contributed by atoms with van der Waals surface area (Å²) in [7, 11) is 1.69. The van der Waals surface area contributed by atoms with Crippen molar-refractivity contribution < 1.29 is 9.47 Å². The number of ether oxygens (including phenoxy) is 2. The van der Waals surface area contributed by atoms with E-state index in [2.05, 4.69) is 35.3 Å². The van der Waals surface area contributed by atoms with Crippen LogP contribution in [0.15, 0.2) is 18.2 Å². The molecule has 0 radical (unpaired) electrons. The Labute approximate surface area is 143 Å². The smallest absolute Gasteiger partial charge is 0.216 e. The maximum Gasteiger partial charge on any atom is 0.216 e. The molecule has 1 saturated heterocycles. The van der Waals surface area contributed by atoms with E-state index in [1.54, 1.807) is 7.11 Å². The van der Waals surface area contributed by atoms with Gasteiger partial charge < -0.3 is 14.8 Å². The Hall–Kier alpha value is -1.85. The zero-order valence-corrected chi connectivity index (χ0v) is 14.5. The summed E-state index contributed by atoms with van der Waals surface area (Å²) in [6.45, 7) is 7.03. The molecule has 4 rings (SSSR count). The fraction of sp³-hybridized carbons (Fsp3) is 0.526. The van der Waals surface area contributed by atoms with Gasteiger partial charge in [-0.25, -0.2) is 4.98 Å². The van der Waals surface area contributed by atoms with Crippen molar-refractivity contribution in [1.29, 1.82) is 0 Å². The average Bonchev–Trinajstić information content (AvgIpc) is 2.60. The van der Waals surface area contributed by atoms with Gasteiger partial charge in [-0.1, -0.05) is 6.92 Å². The number of pyridine rings is 1. The Bertz CT molecular complexity index is 747. The maximum atomic E-state index is 6.10. The van der Waals surface area contributed by atoms with Crippen LogP contribution in [0.2, 0.25) is 0 Å². The third-order valence-electron chi connectivity index (χ3n) is 5.16. The van der Waals surface area contributed by atoms with E-state index < -0.39 is 0 Å². The summed E-state index contributed by atoms with van der Waals surface area (Å²) in [5.74, 6) is 1.74. The highest BCUT2D eigenvalue weighted by Gasteiger charge is 2.25.